The molecule has 4 nitrogen and oxygen atoms in total. The van der Waals surface area contributed by atoms with Crippen molar-refractivity contribution in [3.05, 3.63) is 28.8 Å². The molecule has 106 valence electrons. The largest absolute Gasteiger partial charge is 0.496 e. The molecule has 0 bridgehead atoms. The maximum atomic E-state index is 11.3. The van der Waals surface area contributed by atoms with Crippen molar-refractivity contribution >= 4 is 5.91 Å². The normalized spacial score (nSPS) is 11.3. The molecule has 1 amide bonds. The second kappa shape index (κ2) is 6.06. The van der Waals surface area contributed by atoms with Crippen LogP contribution in [0.2, 0.25) is 0 Å². The van der Waals surface area contributed by atoms with Gasteiger partial charge >= 0.3 is 0 Å². The van der Waals surface area contributed by atoms with E-state index in [1.807, 2.05) is 6.07 Å². The molecule has 0 heterocycles. The summed E-state index contributed by atoms with van der Waals surface area (Å²) in [6.07, 6.45) is 0. The number of hydrogen-bond acceptors (Lipinski definition) is 3. The van der Waals surface area contributed by atoms with E-state index in [4.69, 9.17) is 10.5 Å². The van der Waals surface area contributed by atoms with Crippen molar-refractivity contribution in [2.24, 2.45) is 5.73 Å². The molecule has 0 saturated carbocycles. The minimum absolute atomic E-state index is 0.0140. The first-order valence-electron chi connectivity index (χ1n) is 6.44. The summed E-state index contributed by atoms with van der Waals surface area (Å²) in [5, 5.41) is 2.84. The van der Waals surface area contributed by atoms with Crippen LogP contribution < -0.4 is 15.8 Å². The number of nitrogens with one attached hydrogen (secondary N) is 1. The minimum atomic E-state index is -0.214. The Morgan fingerprint density at radius 1 is 1.32 bits per heavy atom. The summed E-state index contributed by atoms with van der Waals surface area (Å²) in [6.45, 7) is 8.84. The van der Waals surface area contributed by atoms with Crippen molar-refractivity contribution in [3.8, 4) is 5.75 Å². The molecule has 0 aliphatic carbocycles. The average molecular weight is 264 g/mol. The fraction of sp³-hybridized carbons (Fsp3) is 0.533. The van der Waals surface area contributed by atoms with E-state index in [1.165, 1.54) is 11.1 Å². The highest BCUT2D eigenvalue weighted by molar-refractivity contribution is 5.77. The Bertz CT molecular complexity index is 467. The summed E-state index contributed by atoms with van der Waals surface area (Å²) in [5.41, 5.74) is 8.60. The number of methoxy groups -OCH3 is 1. The zero-order valence-corrected chi connectivity index (χ0v) is 12.5. The van der Waals surface area contributed by atoms with Gasteiger partial charge in [0.2, 0.25) is 5.91 Å². The smallest absolute Gasteiger partial charge is 0.233 e. The zero-order chi connectivity index (χ0) is 14.6. The Morgan fingerprint density at radius 3 is 2.42 bits per heavy atom. The van der Waals surface area contributed by atoms with Gasteiger partial charge in [0, 0.05) is 17.5 Å². The number of benzene rings is 1. The number of carbonyl (C=O) groups excluding carboxylic acids is 1. The average Bonchev–Trinajstić information content (AvgIpc) is 2.38. The number of carbonyl (C=O) groups is 1. The lowest BCUT2D eigenvalue weighted by Gasteiger charge is -2.28. The predicted octanol–water partition coefficient (Wildman–Crippen LogP) is 1.66. The summed E-state index contributed by atoms with van der Waals surface area (Å²) in [7, 11) is 1.67. The molecule has 0 aliphatic heterocycles. The monoisotopic (exact) mass is 264 g/mol. The highest BCUT2D eigenvalue weighted by Gasteiger charge is 2.25. The Hall–Kier alpha value is -1.55. The van der Waals surface area contributed by atoms with Crippen LogP contribution in [0.3, 0.4) is 0 Å². The summed E-state index contributed by atoms with van der Waals surface area (Å²) in [4.78, 5) is 11.3. The van der Waals surface area contributed by atoms with Gasteiger partial charge < -0.3 is 15.8 Å². The molecule has 0 saturated heterocycles. The molecule has 0 spiro atoms. The SMILES string of the molecule is COc1cc(C)c(C)cc1C(C)(C)CNC(=O)CN. The second-order valence-corrected chi connectivity index (χ2v) is 5.50. The third-order valence-corrected chi connectivity index (χ3v) is 3.46. The van der Waals surface area contributed by atoms with Gasteiger partial charge in [0.05, 0.1) is 13.7 Å². The van der Waals surface area contributed by atoms with Crippen LogP contribution in [-0.2, 0) is 10.2 Å². The third kappa shape index (κ3) is 3.70. The van der Waals surface area contributed by atoms with Gasteiger partial charge in [0.1, 0.15) is 5.75 Å². The van der Waals surface area contributed by atoms with E-state index in [-0.39, 0.29) is 17.9 Å². The first kappa shape index (κ1) is 15.5. The molecule has 0 unspecified atom stereocenters. The van der Waals surface area contributed by atoms with Crippen LogP contribution in [0.15, 0.2) is 12.1 Å². The minimum Gasteiger partial charge on any atom is -0.496 e. The topological polar surface area (TPSA) is 64.3 Å². The number of nitrogens with two attached hydrogens (primary N) is 1. The zero-order valence-electron chi connectivity index (χ0n) is 12.5. The van der Waals surface area contributed by atoms with Crippen molar-refractivity contribution in [3.63, 3.8) is 0 Å². The summed E-state index contributed by atoms with van der Waals surface area (Å²) >= 11 is 0. The van der Waals surface area contributed by atoms with Crippen molar-refractivity contribution in [1.82, 2.24) is 5.32 Å². The third-order valence-electron chi connectivity index (χ3n) is 3.46. The summed E-state index contributed by atoms with van der Waals surface area (Å²) < 4.78 is 5.46. The lowest BCUT2D eigenvalue weighted by molar-refractivity contribution is -0.119. The molecule has 0 aromatic heterocycles. The van der Waals surface area contributed by atoms with Gasteiger partial charge in [0.15, 0.2) is 0 Å². The van der Waals surface area contributed by atoms with E-state index in [0.717, 1.165) is 11.3 Å². The van der Waals surface area contributed by atoms with E-state index in [9.17, 15) is 4.79 Å². The van der Waals surface area contributed by atoms with E-state index >= 15 is 0 Å². The maximum absolute atomic E-state index is 11.3. The van der Waals surface area contributed by atoms with Crippen molar-refractivity contribution in [1.29, 1.82) is 0 Å². The van der Waals surface area contributed by atoms with E-state index in [0.29, 0.717) is 6.54 Å². The van der Waals surface area contributed by atoms with Gasteiger partial charge in [-0.15, -0.1) is 0 Å². The molecule has 1 aromatic rings. The lowest BCUT2D eigenvalue weighted by atomic mass is 9.82. The van der Waals surface area contributed by atoms with Crippen LogP contribution in [0.1, 0.15) is 30.5 Å². The van der Waals surface area contributed by atoms with Crippen LogP contribution >= 0.6 is 0 Å². The van der Waals surface area contributed by atoms with Crippen LogP contribution in [0, 0.1) is 13.8 Å². The van der Waals surface area contributed by atoms with Crippen molar-refractivity contribution in [2.75, 3.05) is 20.2 Å². The Labute approximate surface area is 115 Å². The fourth-order valence-electron chi connectivity index (χ4n) is 1.97. The van der Waals surface area contributed by atoms with E-state index in [1.54, 1.807) is 7.11 Å². The molecule has 4 heteroatoms. The molecule has 19 heavy (non-hydrogen) atoms. The van der Waals surface area contributed by atoms with Gasteiger partial charge in [-0.25, -0.2) is 0 Å². The number of amides is 1. The molecule has 1 rings (SSSR count). The Morgan fingerprint density at radius 2 is 1.89 bits per heavy atom. The van der Waals surface area contributed by atoms with E-state index < -0.39 is 0 Å². The van der Waals surface area contributed by atoms with E-state index in [2.05, 4.69) is 39.1 Å². The van der Waals surface area contributed by atoms with Gasteiger partial charge in [-0.1, -0.05) is 19.9 Å². The standard InChI is InChI=1S/C15H24N2O2/c1-10-6-12(13(19-5)7-11(10)2)15(3,4)9-17-14(18)8-16/h6-7H,8-9,16H2,1-5H3,(H,17,18). The van der Waals surface area contributed by atoms with Crippen LogP contribution in [-0.4, -0.2) is 26.1 Å². The van der Waals surface area contributed by atoms with Gasteiger partial charge in [0.25, 0.3) is 0 Å². The molecular weight excluding hydrogens is 240 g/mol. The van der Waals surface area contributed by atoms with Gasteiger partial charge in [-0.3, -0.25) is 4.79 Å². The van der Waals surface area contributed by atoms with Crippen molar-refractivity contribution in [2.45, 2.75) is 33.1 Å². The predicted molar refractivity (Wildman–Crippen MR) is 77.6 cm³/mol. The molecule has 0 aliphatic rings. The van der Waals surface area contributed by atoms with Gasteiger partial charge in [-0.05, 0) is 31.0 Å². The number of aryl methyl sites for hydroxylation is 2. The fourth-order valence-corrected chi connectivity index (χ4v) is 1.97. The summed E-state index contributed by atoms with van der Waals surface area (Å²) in [6, 6.07) is 4.17. The molecule has 0 radical (unpaired) electrons. The summed E-state index contributed by atoms with van der Waals surface area (Å²) in [5.74, 6) is 0.714. The first-order chi connectivity index (χ1) is 8.81. The van der Waals surface area contributed by atoms with Gasteiger partial charge in [-0.2, -0.15) is 0 Å². The molecule has 0 fully saturated rings. The van der Waals surface area contributed by atoms with Crippen LogP contribution in [0.4, 0.5) is 0 Å². The number of hydrogen-bond donors (Lipinski definition) is 2. The highest BCUT2D eigenvalue weighted by atomic mass is 16.5. The molecule has 3 N–H and O–H groups in total. The van der Waals surface area contributed by atoms with Crippen LogP contribution in [0.5, 0.6) is 5.75 Å². The number of ether oxygens (including phenoxy) is 1. The Balaban J connectivity index is 3.05. The maximum Gasteiger partial charge on any atom is 0.233 e. The molecular formula is C15H24N2O2. The lowest BCUT2D eigenvalue weighted by Crippen LogP contribution is -2.39. The molecule has 0 atom stereocenters. The quantitative estimate of drug-likeness (QED) is 0.850. The highest BCUT2D eigenvalue weighted by Crippen LogP contribution is 2.33. The van der Waals surface area contributed by atoms with Crippen LogP contribution in [0.25, 0.3) is 0 Å². The Kier molecular flexibility index (Phi) is 4.95. The molecule has 1 aromatic carbocycles. The first-order valence-corrected chi connectivity index (χ1v) is 6.44. The van der Waals surface area contributed by atoms with Crippen molar-refractivity contribution < 1.29 is 9.53 Å². The number of rotatable bonds is 5. The second-order valence-electron chi connectivity index (χ2n) is 5.50.